The lowest BCUT2D eigenvalue weighted by Gasteiger charge is -2.28. The third-order valence-electron chi connectivity index (χ3n) is 4.54. The molecule has 158 valence electrons. The molecule has 0 unspecified atom stereocenters. The molecular weight excluding hydrogens is 397 g/mol. The molecule has 1 N–H and O–H groups in total. The summed E-state index contributed by atoms with van der Waals surface area (Å²) in [5.74, 6) is -2.26. The number of carbonyl (C=O) groups excluding carboxylic acids is 2. The van der Waals surface area contributed by atoms with Gasteiger partial charge in [0.15, 0.2) is 6.10 Å². The number of esters is 1. The van der Waals surface area contributed by atoms with Gasteiger partial charge >= 0.3 is 5.97 Å². The van der Waals surface area contributed by atoms with E-state index >= 15 is 0 Å². The lowest BCUT2D eigenvalue weighted by Crippen LogP contribution is -2.36. The van der Waals surface area contributed by atoms with Gasteiger partial charge in [0.05, 0.1) is 29.4 Å². The third kappa shape index (κ3) is 4.90. The predicted molar refractivity (Wildman–Crippen MR) is 106 cm³/mol. The van der Waals surface area contributed by atoms with Gasteiger partial charge in [0, 0.05) is 19.2 Å². The average molecular weight is 417 g/mol. The van der Waals surface area contributed by atoms with Crippen LogP contribution in [0.1, 0.15) is 17.3 Å². The Balaban J connectivity index is 1.71. The highest BCUT2D eigenvalue weighted by Gasteiger charge is 2.25. The van der Waals surface area contributed by atoms with Crippen molar-refractivity contribution in [2.75, 3.05) is 36.5 Å². The molecule has 2 aromatic rings. The van der Waals surface area contributed by atoms with Crippen molar-refractivity contribution in [3.8, 4) is 0 Å². The molecule has 1 heterocycles. The molecule has 3 rings (SSSR count). The number of carbonyl (C=O) groups is 2. The molecule has 0 aromatic heterocycles. The van der Waals surface area contributed by atoms with E-state index in [1.54, 1.807) is 11.0 Å². The Kier molecular flexibility index (Phi) is 6.58. The number of ether oxygens (including phenoxy) is 2. The van der Waals surface area contributed by atoms with Crippen molar-refractivity contribution in [2.45, 2.75) is 13.0 Å². The van der Waals surface area contributed by atoms with E-state index in [-0.39, 0.29) is 16.9 Å². The Bertz CT molecular complexity index is 961. The van der Waals surface area contributed by atoms with Crippen molar-refractivity contribution < 1.29 is 28.4 Å². The zero-order valence-electron chi connectivity index (χ0n) is 16.2. The number of morpholine rings is 1. The van der Waals surface area contributed by atoms with Crippen molar-refractivity contribution in [3.05, 3.63) is 64.0 Å². The molecule has 1 aliphatic rings. The molecule has 1 atom stereocenters. The molecule has 1 amide bonds. The largest absolute Gasteiger partial charge is 0.449 e. The predicted octanol–water partition coefficient (Wildman–Crippen LogP) is 2.75. The van der Waals surface area contributed by atoms with Gasteiger partial charge in [-0.25, -0.2) is 9.18 Å². The Hall–Kier alpha value is -3.53. The van der Waals surface area contributed by atoms with Crippen molar-refractivity contribution in [2.24, 2.45) is 0 Å². The first-order valence-corrected chi connectivity index (χ1v) is 9.24. The Labute approximate surface area is 171 Å². The quantitative estimate of drug-likeness (QED) is 0.437. The zero-order chi connectivity index (χ0) is 21.7. The van der Waals surface area contributed by atoms with Gasteiger partial charge in [-0.05, 0) is 31.2 Å². The van der Waals surface area contributed by atoms with E-state index in [1.165, 1.54) is 37.3 Å². The number of anilines is 2. The van der Waals surface area contributed by atoms with Crippen LogP contribution in [-0.2, 0) is 14.3 Å². The first-order valence-electron chi connectivity index (χ1n) is 9.24. The molecular formula is C20H20FN3O6. The van der Waals surface area contributed by atoms with Crippen LogP contribution < -0.4 is 10.2 Å². The minimum atomic E-state index is -1.24. The maximum Gasteiger partial charge on any atom is 0.339 e. The molecule has 1 saturated heterocycles. The summed E-state index contributed by atoms with van der Waals surface area (Å²) in [4.78, 5) is 37.3. The molecule has 1 fully saturated rings. The van der Waals surface area contributed by atoms with Crippen LogP contribution in [0.3, 0.4) is 0 Å². The van der Waals surface area contributed by atoms with Crippen LogP contribution in [0.4, 0.5) is 21.5 Å². The van der Waals surface area contributed by atoms with Gasteiger partial charge in [-0.3, -0.25) is 14.9 Å². The van der Waals surface area contributed by atoms with E-state index in [0.29, 0.717) is 32.0 Å². The third-order valence-corrected chi connectivity index (χ3v) is 4.54. The standard InChI is InChI=1S/C20H20FN3O6/c1-13(19(25)22-16-5-3-2-4-15(16)21)30-20(26)14-6-7-17(18(12-14)24(27)28)23-8-10-29-11-9-23/h2-7,12-13H,8-11H2,1H3,(H,22,25)/t13-/m1/s1. The van der Waals surface area contributed by atoms with Crippen LogP contribution in [0.2, 0.25) is 0 Å². The van der Waals surface area contributed by atoms with Crippen LogP contribution in [0.15, 0.2) is 42.5 Å². The fourth-order valence-corrected chi connectivity index (χ4v) is 2.95. The summed E-state index contributed by atoms with van der Waals surface area (Å²) >= 11 is 0. The van der Waals surface area contributed by atoms with E-state index in [4.69, 9.17) is 9.47 Å². The number of rotatable bonds is 6. The van der Waals surface area contributed by atoms with Crippen LogP contribution in [0, 0.1) is 15.9 Å². The summed E-state index contributed by atoms with van der Waals surface area (Å²) in [6.45, 7) is 3.23. The van der Waals surface area contributed by atoms with Gasteiger partial charge in [0.2, 0.25) is 0 Å². The molecule has 0 spiro atoms. The number of halogens is 1. The monoisotopic (exact) mass is 417 g/mol. The van der Waals surface area contributed by atoms with Gasteiger partial charge in [0.25, 0.3) is 11.6 Å². The minimum absolute atomic E-state index is 0.0455. The molecule has 10 heteroatoms. The van der Waals surface area contributed by atoms with E-state index in [9.17, 15) is 24.1 Å². The summed E-state index contributed by atoms with van der Waals surface area (Å²) in [5.41, 5.74) is 0.0279. The number of para-hydroxylation sites is 1. The second kappa shape index (κ2) is 9.31. The highest BCUT2D eigenvalue weighted by Crippen LogP contribution is 2.30. The highest BCUT2D eigenvalue weighted by molar-refractivity contribution is 5.98. The average Bonchev–Trinajstić information content (AvgIpc) is 2.75. The van der Waals surface area contributed by atoms with Gasteiger partial charge in [-0.1, -0.05) is 12.1 Å². The zero-order valence-corrected chi connectivity index (χ0v) is 16.2. The Morgan fingerprint density at radius 2 is 1.93 bits per heavy atom. The SMILES string of the molecule is C[C@@H](OC(=O)c1ccc(N2CCOCC2)c([N+](=O)[O-])c1)C(=O)Nc1ccccc1F. The first kappa shape index (κ1) is 21.2. The second-order valence-electron chi connectivity index (χ2n) is 6.58. The number of hydrogen-bond acceptors (Lipinski definition) is 7. The van der Waals surface area contributed by atoms with Crippen LogP contribution in [0.25, 0.3) is 0 Å². The lowest BCUT2D eigenvalue weighted by atomic mass is 10.1. The number of benzene rings is 2. The van der Waals surface area contributed by atoms with Crippen molar-refractivity contribution >= 4 is 28.9 Å². The number of nitro groups is 1. The number of hydrogen-bond donors (Lipinski definition) is 1. The van der Waals surface area contributed by atoms with Gasteiger partial charge in [0.1, 0.15) is 11.5 Å². The first-order chi connectivity index (χ1) is 14.4. The number of nitrogens with zero attached hydrogens (tertiary/aromatic N) is 2. The van der Waals surface area contributed by atoms with Gasteiger partial charge in [-0.15, -0.1) is 0 Å². The number of nitro benzene ring substituents is 1. The molecule has 0 aliphatic carbocycles. The van der Waals surface area contributed by atoms with E-state index in [1.807, 2.05) is 0 Å². The van der Waals surface area contributed by atoms with Crippen molar-refractivity contribution in [1.82, 2.24) is 0 Å². The molecule has 2 aromatic carbocycles. The van der Waals surface area contributed by atoms with Crippen molar-refractivity contribution in [3.63, 3.8) is 0 Å². The van der Waals surface area contributed by atoms with Crippen molar-refractivity contribution in [1.29, 1.82) is 0 Å². The maximum atomic E-state index is 13.7. The van der Waals surface area contributed by atoms with E-state index < -0.39 is 28.7 Å². The molecule has 9 nitrogen and oxygen atoms in total. The summed E-state index contributed by atoms with van der Waals surface area (Å²) in [7, 11) is 0. The van der Waals surface area contributed by atoms with E-state index in [2.05, 4.69) is 5.32 Å². The Morgan fingerprint density at radius 1 is 1.23 bits per heavy atom. The fourth-order valence-electron chi connectivity index (χ4n) is 2.95. The normalized spacial score (nSPS) is 14.7. The smallest absolute Gasteiger partial charge is 0.339 e. The summed E-state index contributed by atoms with van der Waals surface area (Å²) < 4.78 is 24.0. The molecule has 0 saturated carbocycles. The second-order valence-corrected chi connectivity index (χ2v) is 6.58. The maximum absolute atomic E-state index is 13.7. The van der Waals surface area contributed by atoms with Gasteiger partial charge in [-0.2, -0.15) is 0 Å². The molecule has 0 radical (unpaired) electrons. The van der Waals surface area contributed by atoms with Gasteiger partial charge < -0.3 is 19.7 Å². The topological polar surface area (TPSA) is 111 Å². The highest BCUT2D eigenvalue weighted by atomic mass is 19.1. The number of amides is 1. The molecule has 0 bridgehead atoms. The Morgan fingerprint density at radius 3 is 2.60 bits per heavy atom. The summed E-state index contributed by atoms with van der Waals surface area (Å²) in [6.07, 6.45) is -1.24. The van der Waals surface area contributed by atoms with Crippen LogP contribution >= 0.6 is 0 Å². The lowest BCUT2D eigenvalue weighted by molar-refractivity contribution is -0.384. The fraction of sp³-hybridized carbons (Fsp3) is 0.300. The summed E-state index contributed by atoms with van der Waals surface area (Å²) in [5, 5.41) is 13.8. The minimum Gasteiger partial charge on any atom is -0.449 e. The molecule has 30 heavy (non-hydrogen) atoms. The molecule has 1 aliphatic heterocycles. The van der Waals surface area contributed by atoms with Crippen LogP contribution in [-0.4, -0.2) is 49.2 Å². The number of nitrogens with one attached hydrogen (secondary N) is 1. The van der Waals surface area contributed by atoms with Crippen LogP contribution in [0.5, 0.6) is 0 Å². The van der Waals surface area contributed by atoms with E-state index in [0.717, 1.165) is 6.07 Å². The summed E-state index contributed by atoms with van der Waals surface area (Å²) in [6, 6.07) is 9.57.